The van der Waals surface area contributed by atoms with Crippen LogP contribution >= 0.6 is 11.6 Å². The van der Waals surface area contributed by atoms with Gasteiger partial charge in [0.15, 0.2) is 0 Å². The Kier molecular flexibility index (Phi) is 2.22. The summed E-state index contributed by atoms with van der Waals surface area (Å²) >= 11 is 5.90. The molecular weight excluding hydrogens is 202 g/mol. The molecule has 6 heteroatoms. The van der Waals surface area contributed by atoms with Crippen molar-refractivity contribution in [2.45, 2.75) is 6.92 Å². The van der Waals surface area contributed by atoms with Crippen LogP contribution in [0.25, 0.3) is 5.52 Å². The first kappa shape index (κ1) is 9.52. The van der Waals surface area contributed by atoms with Gasteiger partial charge in [0.05, 0.1) is 11.2 Å². The molecule has 0 aliphatic carbocycles. The number of pyridine rings is 1. The van der Waals surface area contributed by atoms with Crippen LogP contribution in [-0.4, -0.2) is 26.8 Å². The van der Waals surface area contributed by atoms with Crippen LogP contribution in [0.3, 0.4) is 0 Å². The van der Waals surface area contributed by atoms with Gasteiger partial charge in [0.25, 0.3) is 0 Å². The second-order valence-electron chi connectivity index (χ2n) is 3.11. The third-order valence-corrected chi connectivity index (χ3v) is 2.23. The molecule has 0 aliphatic heterocycles. The molecule has 0 saturated heterocycles. The van der Waals surface area contributed by atoms with Gasteiger partial charge in [0, 0.05) is 0 Å². The zero-order valence-corrected chi connectivity index (χ0v) is 8.23. The summed E-state index contributed by atoms with van der Waals surface area (Å²) in [5, 5.41) is 22.5. The number of hydrogen-bond acceptors (Lipinski definition) is 3. The Morgan fingerprint density at radius 1 is 1.36 bits per heavy atom. The van der Waals surface area contributed by atoms with Gasteiger partial charge in [0.1, 0.15) is 5.15 Å². The maximum absolute atomic E-state index is 8.98. The first-order valence-electron chi connectivity index (χ1n) is 4.10. The summed E-state index contributed by atoms with van der Waals surface area (Å²) in [5.41, 5.74) is 1.94. The lowest BCUT2D eigenvalue weighted by Gasteiger charge is -2.02. The second-order valence-corrected chi connectivity index (χ2v) is 3.49. The maximum Gasteiger partial charge on any atom is 0.488 e. The van der Waals surface area contributed by atoms with Crippen molar-refractivity contribution >= 4 is 29.7 Å². The van der Waals surface area contributed by atoms with Gasteiger partial charge in [-0.2, -0.15) is 5.10 Å². The standard InChI is InChI=1S/C8H8BClN2O2/c1-5-2-7-3-6(9(13)14)4-8(10)12(7)11-5/h2-4,13-14H,1H3. The van der Waals surface area contributed by atoms with Crippen LogP contribution in [0, 0.1) is 6.92 Å². The van der Waals surface area contributed by atoms with Gasteiger partial charge in [-0.1, -0.05) is 11.6 Å². The summed E-state index contributed by atoms with van der Waals surface area (Å²) < 4.78 is 1.54. The van der Waals surface area contributed by atoms with Gasteiger partial charge in [-0.15, -0.1) is 0 Å². The SMILES string of the molecule is Cc1cc2cc(B(O)O)cc(Cl)n2n1. The monoisotopic (exact) mass is 210 g/mol. The number of aromatic nitrogens is 2. The Labute approximate surface area is 85.9 Å². The highest BCUT2D eigenvalue weighted by atomic mass is 35.5. The minimum Gasteiger partial charge on any atom is -0.423 e. The van der Waals surface area contributed by atoms with Crippen molar-refractivity contribution in [3.05, 3.63) is 29.0 Å². The zero-order valence-electron chi connectivity index (χ0n) is 7.48. The smallest absolute Gasteiger partial charge is 0.423 e. The molecule has 0 saturated carbocycles. The van der Waals surface area contributed by atoms with E-state index in [1.54, 1.807) is 10.6 Å². The lowest BCUT2D eigenvalue weighted by atomic mass is 9.81. The van der Waals surface area contributed by atoms with E-state index in [2.05, 4.69) is 5.10 Å². The van der Waals surface area contributed by atoms with Gasteiger partial charge >= 0.3 is 7.12 Å². The van der Waals surface area contributed by atoms with E-state index in [4.69, 9.17) is 21.6 Å². The predicted octanol–water partition coefficient (Wildman–Crippen LogP) is -0.0241. The van der Waals surface area contributed by atoms with Gasteiger partial charge < -0.3 is 10.0 Å². The Morgan fingerprint density at radius 3 is 2.71 bits per heavy atom. The number of aryl methyl sites for hydroxylation is 1. The summed E-state index contributed by atoms with van der Waals surface area (Å²) in [5.74, 6) is 0. The molecule has 0 bridgehead atoms. The Bertz CT molecular complexity index is 483. The summed E-state index contributed by atoms with van der Waals surface area (Å²) in [7, 11) is -1.51. The van der Waals surface area contributed by atoms with E-state index < -0.39 is 7.12 Å². The molecule has 0 aromatic carbocycles. The van der Waals surface area contributed by atoms with Crippen molar-refractivity contribution in [2.24, 2.45) is 0 Å². The molecule has 2 rings (SSSR count). The molecule has 2 N–H and O–H groups in total. The van der Waals surface area contributed by atoms with Crippen molar-refractivity contribution < 1.29 is 10.0 Å². The fourth-order valence-electron chi connectivity index (χ4n) is 1.35. The van der Waals surface area contributed by atoms with E-state index >= 15 is 0 Å². The van der Waals surface area contributed by atoms with Crippen LogP contribution in [-0.2, 0) is 0 Å². The molecule has 0 radical (unpaired) electrons. The predicted molar refractivity (Wildman–Crippen MR) is 54.8 cm³/mol. The number of fused-ring (bicyclic) bond motifs is 1. The summed E-state index contributed by atoms with van der Waals surface area (Å²) in [6.45, 7) is 1.85. The Morgan fingerprint density at radius 2 is 2.07 bits per heavy atom. The Hall–Kier alpha value is -1.04. The van der Waals surface area contributed by atoms with E-state index in [1.807, 2.05) is 13.0 Å². The third kappa shape index (κ3) is 1.50. The van der Waals surface area contributed by atoms with Gasteiger partial charge in [0.2, 0.25) is 0 Å². The van der Waals surface area contributed by atoms with Crippen LogP contribution in [0.4, 0.5) is 0 Å². The molecule has 14 heavy (non-hydrogen) atoms. The van der Waals surface area contributed by atoms with Gasteiger partial charge in [-0.05, 0) is 30.6 Å². The van der Waals surface area contributed by atoms with Crippen molar-refractivity contribution in [3.8, 4) is 0 Å². The normalized spacial score (nSPS) is 10.9. The van der Waals surface area contributed by atoms with Crippen LogP contribution < -0.4 is 5.46 Å². The number of rotatable bonds is 1. The van der Waals surface area contributed by atoms with Crippen LogP contribution in [0.2, 0.25) is 5.15 Å². The molecule has 2 aromatic rings. The molecule has 0 spiro atoms. The number of hydrogen-bond donors (Lipinski definition) is 2. The average molecular weight is 210 g/mol. The molecule has 2 aromatic heterocycles. The molecular formula is C8H8BClN2O2. The quantitative estimate of drug-likeness (QED) is 0.514. The molecule has 4 nitrogen and oxygen atoms in total. The van der Waals surface area contributed by atoms with Crippen LogP contribution in [0.15, 0.2) is 18.2 Å². The highest BCUT2D eigenvalue weighted by Crippen LogP contribution is 2.12. The lowest BCUT2D eigenvalue weighted by Crippen LogP contribution is -2.30. The Balaban J connectivity index is 2.71. The number of halogens is 1. The van der Waals surface area contributed by atoms with Gasteiger partial charge in [-0.3, -0.25) is 0 Å². The molecule has 0 fully saturated rings. The molecule has 0 amide bonds. The van der Waals surface area contributed by atoms with Crippen LogP contribution in [0.1, 0.15) is 5.69 Å². The molecule has 2 heterocycles. The minimum absolute atomic E-state index is 0.360. The zero-order chi connectivity index (χ0) is 10.3. The summed E-state index contributed by atoms with van der Waals surface area (Å²) in [6.07, 6.45) is 0. The van der Waals surface area contributed by atoms with Crippen molar-refractivity contribution in [1.82, 2.24) is 9.61 Å². The average Bonchev–Trinajstić information content (AvgIpc) is 2.45. The van der Waals surface area contributed by atoms with E-state index in [0.717, 1.165) is 11.2 Å². The summed E-state index contributed by atoms with van der Waals surface area (Å²) in [6, 6.07) is 4.93. The van der Waals surface area contributed by atoms with Crippen molar-refractivity contribution in [2.75, 3.05) is 0 Å². The van der Waals surface area contributed by atoms with E-state index in [1.165, 1.54) is 6.07 Å². The van der Waals surface area contributed by atoms with Gasteiger partial charge in [-0.25, -0.2) is 4.52 Å². The molecule has 0 unspecified atom stereocenters. The van der Waals surface area contributed by atoms with E-state index in [0.29, 0.717) is 10.6 Å². The lowest BCUT2D eigenvalue weighted by molar-refractivity contribution is 0.426. The largest absolute Gasteiger partial charge is 0.488 e. The molecule has 0 atom stereocenters. The fraction of sp³-hybridized carbons (Fsp3) is 0.125. The topological polar surface area (TPSA) is 57.8 Å². The maximum atomic E-state index is 8.98. The highest BCUT2D eigenvalue weighted by molar-refractivity contribution is 6.59. The fourth-order valence-corrected chi connectivity index (χ4v) is 1.61. The summed E-state index contributed by atoms with van der Waals surface area (Å²) in [4.78, 5) is 0. The molecule has 0 aliphatic rings. The minimum atomic E-state index is -1.51. The van der Waals surface area contributed by atoms with Crippen molar-refractivity contribution in [1.29, 1.82) is 0 Å². The third-order valence-electron chi connectivity index (χ3n) is 1.96. The number of nitrogens with zero attached hydrogens (tertiary/aromatic N) is 2. The molecule has 72 valence electrons. The van der Waals surface area contributed by atoms with E-state index in [-0.39, 0.29) is 0 Å². The second kappa shape index (κ2) is 3.27. The first-order chi connectivity index (χ1) is 6.58. The highest BCUT2D eigenvalue weighted by Gasteiger charge is 2.14. The van der Waals surface area contributed by atoms with Crippen LogP contribution in [0.5, 0.6) is 0 Å². The van der Waals surface area contributed by atoms with E-state index in [9.17, 15) is 0 Å². The first-order valence-corrected chi connectivity index (χ1v) is 4.47. The van der Waals surface area contributed by atoms with Crippen molar-refractivity contribution in [3.63, 3.8) is 0 Å².